The molecular formula is C11H14N2O2. The van der Waals surface area contributed by atoms with E-state index in [1.54, 1.807) is 4.68 Å². The summed E-state index contributed by atoms with van der Waals surface area (Å²) in [5, 5.41) is 5.32. The summed E-state index contributed by atoms with van der Waals surface area (Å²) in [5.74, 6) is 0. The topological polar surface area (TPSA) is 48.0 Å². The van der Waals surface area contributed by atoms with E-state index in [1.165, 1.54) is 6.07 Å². The second kappa shape index (κ2) is 3.22. The van der Waals surface area contributed by atoms with Crippen molar-refractivity contribution in [1.82, 2.24) is 9.78 Å². The van der Waals surface area contributed by atoms with Crippen molar-refractivity contribution in [3.8, 4) is 0 Å². The molecule has 0 saturated heterocycles. The summed E-state index contributed by atoms with van der Waals surface area (Å²) in [4.78, 5) is 11.3. The zero-order chi connectivity index (χ0) is 11.2. The minimum Gasteiger partial charge on any atom is -0.404 e. The molecule has 0 bridgehead atoms. The first kappa shape index (κ1) is 9.96. The molecule has 4 nitrogen and oxygen atoms in total. The molecule has 15 heavy (non-hydrogen) atoms. The summed E-state index contributed by atoms with van der Waals surface area (Å²) in [5.41, 5.74) is 2.08. The lowest BCUT2D eigenvalue weighted by Crippen LogP contribution is -2.05. The Labute approximate surface area is 87.5 Å². The molecule has 0 aliphatic heterocycles. The van der Waals surface area contributed by atoms with Gasteiger partial charge in [-0.25, -0.2) is 9.48 Å². The zero-order valence-electron chi connectivity index (χ0n) is 9.37. The van der Waals surface area contributed by atoms with Crippen LogP contribution in [0.25, 0.3) is 11.1 Å². The van der Waals surface area contributed by atoms with E-state index in [-0.39, 0.29) is 11.7 Å². The van der Waals surface area contributed by atoms with Crippen LogP contribution in [0.4, 0.5) is 0 Å². The Morgan fingerprint density at radius 1 is 1.40 bits per heavy atom. The fourth-order valence-electron chi connectivity index (χ4n) is 1.80. The lowest BCUT2D eigenvalue weighted by molar-refractivity contribution is 0.467. The zero-order valence-corrected chi connectivity index (χ0v) is 9.37. The molecule has 0 radical (unpaired) electrons. The van der Waals surface area contributed by atoms with E-state index in [0.29, 0.717) is 5.71 Å². The Hall–Kier alpha value is -1.58. The van der Waals surface area contributed by atoms with Gasteiger partial charge in [0.2, 0.25) is 5.71 Å². The van der Waals surface area contributed by atoms with Crippen LogP contribution < -0.4 is 5.63 Å². The molecule has 0 atom stereocenters. The van der Waals surface area contributed by atoms with E-state index in [2.05, 4.69) is 5.10 Å². The lowest BCUT2D eigenvalue weighted by Gasteiger charge is -2.04. The van der Waals surface area contributed by atoms with Gasteiger partial charge in [0, 0.05) is 6.07 Å². The van der Waals surface area contributed by atoms with Crippen molar-refractivity contribution in [1.29, 1.82) is 0 Å². The summed E-state index contributed by atoms with van der Waals surface area (Å²) in [6.45, 7) is 7.84. The SMILES string of the molecule is Cc1cc(=O)oc2c1c(C)nn2C(C)C. The molecule has 2 aromatic heterocycles. The van der Waals surface area contributed by atoms with Crippen LogP contribution in [0.3, 0.4) is 0 Å². The second-order valence-corrected chi connectivity index (χ2v) is 4.05. The summed E-state index contributed by atoms with van der Waals surface area (Å²) < 4.78 is 6.95. The summed E-state index contributed by atoms with van der Waals surface area (Å²) in [6.07, 6.45) is 0. The molecule has 0 amide bonds. The molecule has 0 aliphatic rings. The van der Waals surface area contributed by atoms with Crippen molar-refractivity contribution < 1.29 is 4.42 Å². The molecule has 0 fully saturated rings. The van der Waals surface area contributed by atoms with Gasteiger partial charge in [-0.3, -0.25) is 0 Å². The van der Waals surface area contributed by atoms with Crippen molar-refractivity contribution in [2.45, 2.75) is 33.7 Å². The molecular weight excluding hydrogens is 192 g/mol. The minimum atomic E-state index is -0.318. The third kappa shape index (κ3) is 1.46. The fourth-order valence-corrected chi connectivity index (χ4v) is 1.80. The van der Waals surface area contributed by atoms with E-state index >= 15 is 0 Å². The van der Waals surface area contributed by atoms with Gasteiger partial charge in [-0.15, -0.1) is 0 Å². The van der Waals surface area contributed by atoms with E-state index in [1.807, 2.05) is 27.7 Å². The monoisotopic (exact) mass is 206 g/mol. The summed E-state index contributed by atoms with van der Waals surface area (Å²) in [7, 11) is 0. The average molecular weight is 206 g/mol. The maximum absolute atomic E-state index is 11.3. The van der Waals surface area contributed by atoms with Gasteiger partial charge in [0.1, 0.15) is 0 Å². The van der Waals surface area contributed by atoms with Crippen LogP contribution in [-0.2, 0) is 0 Å². The molecule has 2 rings (SSSR count). The van der Waals surface area contributed by atoms with Crippen LogP contribution in [0.5, 0.6) is 0 Å². The number of nitrogens with zero attached hydrogens (tertiary/aromatic N) is 2. The quantitative estimate of drug-likeness (QED) is 0.718. The largest absolute Gasteiger partial charge is 0.404 e. The maximum atomic E-state index is 11.3. The Balaban J connectivity index is 2.93. The number of aromatic nitrogens is 2. The number of fused-ring (bicyclic) bond motifs is 1. The van der Waals surface area contributed by atoms with Crippen LogP contribution in [0.2, 0.25) is 0 Å². The highest BCUT2D eigenvalue weighted by Crippen LogP contribution is 2.22. The van der Waals surface area contributed by atoms with Gasteiger partial charge >= 0.3 is 5.63 Å². The lowest BCUT2D eigenvalue weighted by atomic mass is 10.2. The average Bonchev–Trinajstić information content (AvgIpc) is 2.42. The van der Waals surface area contributed by atoms with Crippen molar-refractivity contribution in [3.63, 3.8) is 0 Å². The van der Waals surface area contributed by atoms with Crippen LogP contribution in [0.15, 0.2) is 15.3 Å². The Morgan fingerprint density at radius 2 is 2.07 bits per heavy atom. The second-order valence-electron chi connectivity index (χ2n) is 4.05. The van der Waals surface area contributed by atoms with Crippen LogP contribution >= 0.6 is 0 Å². The van der Waals surface area contributed by atoms with Gasteiger partial charge in [0.05, 0.1) is 17.1 Å². The maximum Gasteiger partial charge on any atom is 0.337 e. The van der Waals surface area contributed by atoms with Gasteiger partial charge in [0.25, 0.3) is 0 Å². The summed E-state index contributed by atoms with van der Waals surface area (Å²) in [6, 6.07) is 1.69. The van der Waals surface area contributed by atoms with E-state index in [9.17, 15) is 4.79 Å². The first-order valence-electron chi connectivity index (χ1n) is 5.00. The van der Waals surface area contributed by atoms with Crippen molar-refractivity contribution in [3.05, 3.63) is 27.7 Å². The molecule has 0 N–H and O–H groups in total. The predicted octanol–water partition coefficient (Wildman–Crippen LogP) is 2.19. The first-order valence-corrected chi connectivity index (χ1v) is 5.00. The van der Waals surface area contributed by atoms with Gasteiger partial charge in [0.15, 0.2) is 0 Å². The third-order valence-corrected chi connectivity index (χ3v) is 2.46. The molecule has 0 unspecified atom stereocenters. The molecule has 2 heterocycles. The van der Waals surface area contributed by atoms with Gasteiger partial charge < -0.3 is 4.42 Å². The van der Waals surface area contributed by atoms with Crippen LogP contribution in [0.1, 0.15) is 31.1 Å². The van der Waals surface area contributed by atoms with Crippen molar-refractivity contribution >= 4 is 11.1 Å². The fraction of sp³-hybridized carbons (Fsp3) is 0.455. The molecule has 0 aliphatic carbocycles. The van der Waals surface area contributed by atoms with E-state index in [4.69, 9.17) is 4.42 Å². The van der Waals surface area contributed by atoms with Gasteiger partial charge in [-0.2, -0.15) is 5.10 Å². The number of hydrogen-bond donors (Lipinski definition) is 0. The minimum absolute atomic E-state index is 0.186. The number of aryl methyl sites for hydroxylation is 2. The molecule has 0 spiro atoms. The highest BCUT2D eigenvalue weighted by molar-refractivity contribution is 5.80. The van der Waals surface area contributed by atoms with Crippen LogP contribution in [-0.4, -0.2) is 9.78 Å². The smallest absolute Gasteiger partial charge is 0.337 e. The third-order valence-electron chi connectivity index (χ3n) is 2.46. The standard InChI is InChI=1S/C11H14N2O2/c1-6(2)13-11-10(8(4)12-13)7(3)5-9(14)15-11/h5-6H,1-4H3. The summed E-state index contributed by atoms with van der Waals surface area (Å²) >= 11 is 0. The molecule has 4 heteroatoms. The highest BCUT2D eigenvalue weighted by atomic mass is 16.4. The van der Waals surface area contributed by atoms with Gasteiger partial charge in [-0.1, -0.05) is 0 Å². The molecule has 2 aromatic rings. The van der Waals surface area contributed by atoms with E-state index < -0.39 is 0 Å². The Bertz CT molecular complexity index is 564. The number of hydrogen-bond acceptors (Lipinski definition) is 3. The predicted molar refractivity (Wildman–Crippen MR) is 58.1 cm³/mol. The van der Waals surface area contributed by atoms with Crippen molar-refractivity contribution in [2.75, 3.05) is 0 Å². The molecule has 0 aromatic carbocycles. The first-order chi connectivity index (χ1) is 7.00. The van der Waals surface area contributed by atoms with E-state index in [0.717, 1.165) is 16.6 Å². The Kier molecular flexibility index (Phi) is 2.14. The van der Waals surface area contributed by atoms with Crippen molar-refractivity contribution in [2.24, 2.45) is 0 Å². The Morgan fingerprint density at radius 3 is 2.67 bits per heavy atom. The van der Waals surface area contributed by atoms with Gasteiger partial charge in [-0.05, 0) is 33.3 Å². The highest BCUT2D eigenvalue weighted by Gasteiger charge is 2.14. The number of rotatable bonds is 1. The molecule has 0 saturated carbocycles. The molecule has 80 valence electrons. The van der Waals surface area contributed by atoms with Crippen LogP contribution in [0, 0.1) is 13.8 Å². The normalized spacial score (nSPS) is 11.5.